The molecule has 0 atom stereocenters. The average Bonchev–Trinajstić information content (AvgIpc) is 2.71. The molecule has 0 heteroatoms. The van der Waals surface area contributed by atoms with E-state index >= 15 is 0 Å². The number of hydrogen-bond donors (Lipinski definition) is 0. The largest absolute Gasteiger partial charge is 0.125 e. The third kappa shape index (κ3) is 25.3. The lowest BCUT2D eigenvalue weighted by Gasteiger charge is -2.03. The Labute approximate surface area is 179 Å². The van der Waals surface area contributed by atoms with Crippen LogP contribution in [-0.2, 0) is 0 Å². The molecule has 0 aliphatic rings. The zero-order valence-electron chi connectivity index (χ0n) is 19.7. The lowest BCUT2D eigenvalue weighted by atomic mass is 10.0. The van der Waals surface area contributed by atoms with Gasteiger partial charge in [0, 0.05) is 0 Å². The minimum absolute atomic E-state index is 1.19. The number of hydrogen-bond acceptors (Lipinski definition) is 0. The van der Waals surface area contributed by atoms with Gasteiger partial charge in [-0.2, -0.15) is 0 Å². The van der Waals surface area contributed by atoms with E-state index in [-0.39, 0.29) is 0 Å². The zero-order valence-corrected chi connectivity index (χ0v) is 19.7. The van der Waals surface area contributed by atoms with Gasteiger partial charge in [0.1, 0.15) is 0 Å². The van der Waals surface area contributed by atoms with Crippen LogP contribution in [0.3, 0.4) is 0 Å². The molecule has 164 valence electrons. The van der Waals surface area contributed by atoms with E-state index in [1.807, 2.05) is 0 Å². The van der Waals surface area contributed by atoms with Crippen LogP contribution in [-0.4, -0.2) is 0 Å². The molecule has 0 fully saturated rings. The van der Waals surface area contributed by atoms with Gasteiger partial charge in [0.15, 0.2) is 0 Å². The van der Waals surface area contributed by atoms with E-state index in [0.29, 0.717) is 0 Å². The first-order valence-corrected chi connectivity index (χ1v) is 13.0. The van der Waals surface area contributed by atoms with Gasteiger partial charge in [0.2, 0.25) is 0 Å². The predicted molar refractivity (Wildman–Crippen MR) is 130 cm³/mol. The number of allylic oxidation sites excluding steroid dienone is 3. The monoisotopic (exact) mass is 388 g/mol. The molecule has 0 aromatic carbocycles. The van der Waals surface area contributed by atoms with Crippen molar-refractivity contribution in [1.82, 2.24) is 0 Å². The van der Waals surface area contributed by atoms with Gasteiger partial charge in [-0.3, -0.25) is 0 Å². The first-order chi connectivity index (χ1) is 13.9. The molecule has 0 aliphatic carbocycles. The molecule has 0 heterocycles. The van der Waals surface area contributed by atoms with Crippen LogP contribution >= 0.6 is 0 Å². The van der Waals surface area contributed by atoms with Crippen molar-refractivity contribution in [3.63, 3.8) is 0 Å². The summed E-state index contributed by atoms with van der Waals surface area (Å²) in [4.78, 5) is 0. The summed E-state index contributed by atoms with van der Waals surface area (Å²) in [5, 5.41) is 0. The Morgan fingerprint density at radius 1 is 0.464 bits per heavy atom. The summed E-state index contributed by atoms with van der Waals surface area (Å²) in [6.07, 6.45) is 38.2. The fraction of sp³-hybridized carbons (Fsp3) is 0.821. The summed E-state index contributed by atoms with van der Waals surface area (Å²) in [5.74, 6) is 0. The maximum Gasteiger partial charge on any atom is -0.0206 e. The summed E-state index contributed by atoms with van der Waals surface area (Å²) in [7, 11) is 0. The Kier molecular flexibility index (Phi) is 25.6. The molecule has 0 rings (SSSR count). The molecule has 0 amide bonds. The fourth-order valence-electron chi connectivity index (χ4n) is 3.68. The topological polar surface area (TPSA) is 0 Å². The average molecular weight is 389 g/mol. The Morgan fingerprint density at radius 2 is 0.857 bits per heavy atom. The van der Waals surface area contributed by atoms with E-state index in [2.05, 4.69) is 43.9 Å². The van der Waals surface area contributed by atoms with Crippen molar-refractivity contribution in [3.05, 3.63) is 30.0 Å². The third-order valence-corrected chi connectivity index (χ3v) is 5.62. The Bertz CT molecular complexity index is 356. The van der Waals surface area contributed by atoms with Gasteiger partial charge in [0.25, 0.3) is 0 Å². The van der Waals surface area contributed by atoms with Gasteiger partial charge < -0.3 is 0 Å². The molecular formula is C28H52. The van der Waals surface area contributed by atoms with Gasteiger partial charge >= 0.3 is 0 Å². The SMILES string of the molecule is CCCCCC=CC=C=CCCCCCCCCCCCCCCCCCC. The van der Waals surface area contributed by atoms with Crippen molar-refractivity contribution >= 4 is 0 Å². The fourth-order valence-corrected chi connectivity index (χ4v) is 3.68. The van der Waals surface area contributed by atoms with Crippen molar-refractivity contribution in [3.8, 4) is 0 Å². The second-order valence-electron chi connectivity index (χ2n) is 8.55. The maximum atomic E-state index is 3.29. The lowest BCUT2D eigenvalue weighted by molar-refractivity contribution is 0.530. The van der Waals surface area contributed by atoms with Crippen LogP contribution in [0.5, 0.6) is 0 Å². The van der Waals surface area contributed by atoms with E-state index in [1.165, 1.54) is 135 Å². The molecule has 0 aliphatic heterocycles. The van der Waals surface area contributed by atoms with Crippen molar-refractivity contribution in [2.24, 2.45) is 0 Å². The Balaban J connectivity index is 3.16. The molecule has 0 saturated heterocycles. The normalized spacial score (nSPS) is 11.1. The number of rotatable bonds is 22. The quantitative estimate of drug-likeness (QED) is 0.0982. The first kappa shape index (κ1) is 27.3. The van der Waals surface area contributed by atoms with Crippen LogP contribution in [0.2, 0.25) is 0 Å². The smallest absolute Gasteiger partial charge is 0.0206 e. The summed E-state index contributed by atoms with van der Waals surface area (Å²) < 4.78 is 0. The van der Waals surface area contributed by atoms with Crippen molar-refractivity contribution in [1.29, 1.82) is 0 Å². The van der Waals surface area contributed by atoms with Crippen LogP contribution in [0.25, 0.3) is 0 Å². The van der Waals surface area contributed by atoms with Gasteiger partial charge in [-0.1, -0.05) is 135 Å². The van der Waals surface area contributed by atoms with Crippen molar-refractivity contribution in [2.75, 3.05) is 0 Å². The standard InChI is InChI=1S/C28H52/c1-3-5-7-9-11-13-15-17-19-21-23-25-27-28-26-24-22-20-18-16-14-12-10-8-6-4-2/h11,13,15,19H,3-10,12,14,16,18,20-28H2,1-2H3. The Morgan fingerprint density at radius 3 is 1.36 bits per heavy atom. The Hall–Kier alpha value is -0.740. The van der Waals surface area contributed by atoms with Crippen LogP contribution in [0.1, 0.15) is 149 Å². The minimum atomic E-state index is 1.19. The van der Waals surface area contributed by atoms with E-state index in [4.69, 9.17) is 0 Å². The molecule has 28 heavy (non-hydrogen) atoms. The summed E-state index contributed by atoms with van der Waals surface area (Å²) >= 11 is 0. The highest BCUT2D eigenvalue weighted by molar-refractivity contribution is 5.02. The van der Waals surface area contributed by atoms with Crippen LogP contribution < -0.4 is 0 Å². The zero-order chi connectivity index (χ0) is 20.4. The molecule has 0 nitrogen and oxygen atoms in total. The van der Waals surface area contributed by atoms with Crippen LogP contribution in [0.15, 0.2) is 30.0 Å². The summed E-state index contributed by atoms with van der Waals surface area (Å²) in [5.41, 5.74) is 3.29. The van der Waals surface area contributed by atoms with Gasteiger partial charge in [-0.25, -0.2) is 0 Å². The molecule has 0 bridgehead atoms. The highest BCUT2D eigenvalue weighted by Crippen LogP contribution is 2.14. The van der Waals surface area contributed by atoms with Gasteiger partial charge in [-0.05, 0) is 37.8 Å². The molecule has 0 radical (unpaired) electrons. The third-order valence-electron chi connectivity index (χ3n) is 5.62. The second kappa shape index (κ2) is 26.3. The molecular weight excluding hydrogens is 336 g/mol. The molecule has 0 N–H and O–H groups in total. The van der Waals surface area contributed by atoms with Crippen molar-refractivity contribution < 1.29 is 0 Å². The van der Waals surface area contributed by atoms with E-state index in [0.717, 1.165) is 0 Å². The maximum absolute atomic E-state index is 3.29. The number of unbranched alkanes of at least 4 members (excludes halogenated alkanes) is 19. The molecule has 0 spiro atoms. The van der Waals surface area contributed by atoms with Crippen molar-refractivity contribution in [2.45, 2.75) is 149 Å². The van der Waals surface area contributed by atoms with Crippen LogP contribution in [0.4, 0.5) is 0 Å². The van der Waals surface area contributed by atoms with E-state index in [9.17, 15) is 0 Å². The molecule has 0 aromatic rings. The van der Waals surface area contributed by atoms with Crippen LogP contribution in [0, 0.1) is 0 Å². The molecule has 0 unspecified atom stereocenters. The first-order valence-electron chi connectivity index (χ1n) is 13.0. The molecule has 0 aromatic heterocycles. The summed E-state index contributed by atoms with van der Waals surface area (Å²) in [6.45, 7) is 4.55. The minimum Gasteiger partial charge on any atom is -0.125 e. The summed E-state index contributed by atoms with van der Waals surface area (Å²) in [6, 6.07) is 0. The van der Waals surface area contributed by atoms with Gasteiger partial charge in [0.05, 0.1) is 0 Å². The highest BCUT2D eigenvalue weighted by Gasteiger charge is 1.94. The van der Waals surface area contributed by atoms with E-state index in [1.54, 1.807) is 0 Å². The molecule has 0 saturated carbocycles. The van der Waals surface area contributed by atoms with E-state index < -0.39 is 0 Å². The second-order valence-corrected chi connectivity index (χ2v) is 8.55. The lowest BCUT2D eigenvalue weighted by Crippen LogP contribution is -1.83. The predicted octanol–water partition coefficient (Wildman–Crippen LogP) is 10.5. The van der Waals surface area contributed by atoms with Gasteiger partial charge in [-0.15, -0.1) is 5.73 Å². The highest BCUT2D eigenvalue weighted by atomic mass is 14.0.